The second kappa shape index (κ2) is 10.1. The summed E-state index contributed by atoms with van der Waals surface area (Å²) in [4.78, 5) is 13.2. The van der Waals surface area contributed by atoms with E-state index in [9.17, 15) is 4.79 Å². The standard InChI is InChI=1S/C20H27N5O4/c1-4-29-17-8-6-5-7-16(17)21-20(26)15(19-22-24-25-23-19)11-13-9-10-14(27-2)12-18(13)28-3/h5-10,12,15,19,22-25H,4,11H2,1-3H3,(H,21,26). The number of nitrogens with one attached hydrogen (secondary N) is 5. The summed E-state index contributed by atoms with van der Waals surface area (Å²) in [7, 11) is 3.20. The van der Waals surface area contributed by atoms with Crippen molar-refractivity contribution >= 4 is 11.6 Å². The Bertz CT molecular complexity index is 826. The van der Waals surface area contributed by atoms with Gasteiger partial charge < -0.3 is 19.5 Å². The average Bonchev–Trinajstić information content (AvgIpc) is 3.28. The Labute approximate surface area is 170 Å². The van der Waals surface area contributed by atoms with Crippen molar-refractivity contribution in [1.29, 1.82) is 0 Å². The number of benzene rings is 2. The normalized spacial score (nSPS) is 15.0. The summed E-state index contributed by atoms with van der Waals surface area (Å²) in [6, 6.07) is 12.9. The first-order valence-corrected chi connectivity index (χ1v) is 9.41. The van der Waals surface area contributed by atoms with Gasteiger partial charge in [0.1, 0.15) is 17.2 Å². The fraction of sp³-hybridized carbons (Fsp3) is 0.350. The molecule has 3 rings (SSSR count). The third kappa shape index (κ3) is 5.15. The molecule has 9 heteroatoms. The number of amides is 1. The maximum atomic E-state index is 13.2. The lowest BCUT2D eigenvalue weighted by Crippen LogP contribution is -2.47. The fourth-order valence-electron chi connectivity index (χ4n) is 3.16. The maximum Gasteiger partial charge on any atom is 0.230 e. The summed E-state index contributed by atoms with van der Waals surface area (Å²) in [6.07, 6.45) is 0.0881. The minimum atomic E-state index is -0.463. The number of hydrazine groups is 3. The van der Waals surface area contributed by atoms with Crippen LogP contribution >= 0.6 is 0 Å². The van der Waals surface area contributed by atoms with Crippen molar-refractivity contribution in [3.63, 3.8) is 0 Å². The van der Waals surface area contributed by atoms with Gasteiger partial charge in [-0.15, -0.1) is 0 Å². The number of methoxy groups -OCH3 is 2. The van der Waals surface area contributed by atoms with E-state index in [0.29, 0.717) is 36.0 Å². The molecule has 2 aromatic carbocycles. The molecule has 1 amide bonds. The highest BCUT2D eigenvalue weighted by atomic mass is 16.5. The van der Waals surface area contributed by atoms with Crippen molar-refractivity contribution in [3.05, 3.63) is 48.0 Å². The number of carbonyl (C=O) groups is 1. The van der Waals surface area contributed by atoms with Gasteiger partial charge in [0.05, 0.1) is 38.6 Å². The zero-order chi connectivity index (χ0) is 20.6. The third-order valence-electron chi connectivity index (χ3n) is 4.64. The van der Waals surface area contributed by atoms with Gasteiger partial charge in [-0.1, -0.05) is 18.2 Å². The van der Waals surface area contributed by atoms with Crippen LogP contribution in [0.15, 0.2) is 42.5 Å². The van der Waals surface area contributed by atoms with Crippen LogP contribution in [-0.4, -0.2) is 32.9 Å². The van der Waals surface area contributed by atoms with Crippen LogP contribution in [0.1, 0.15) is 12.5 Å². The molecule has 156 valence electrons. The van der Waals surface area contributed by atoms with E-state index in [2.05, 4.69) is 27.2 Å². The van der Waals surface area contributed by atoms with E-state index < -0.39 is 5.92 Å². The molecule has 0 bridgehead atoms. The highest BCUT2D eigenvalue weighted by Gasteiger charge is 2.32. The Hall–Kier alpha value is -2.85. The van der Waals surface area contributed by atoms with Crippen molar-refractivity contribution in [1.82, 2.24) is 21.9 Å². The predicted octanol–water partition coefficient (Wildman–Crippen LogP) is 1.34. The maximum absolute atomic E-state index is 13.2. The molecule has 0 spiro atoms. The van der Waals surface area contributed by atoms with Crippen LogP contribution in [0.5, 0.6) is 17.2 Å². The molecule has 1 atom stereocenters. The van der Waals surface area contributed by atoms with Gasteiger partial charge in [0.2, 0.25) is 5.91 Å². The van der Waals surface area contributed by atoms with E-state index in [0.717, 1.165) is 5.56 Å². The summed E-state index contributed by atoms with van der Waals surface area (Å²) in [5, 5.41) is 2.99. The molecule has 1 aliphatic rings. The minimum absolute atomic E-state index is 0.162. The lowest BCUT2D eigenvalue weighted by atomic mass is 9.94. The molecule has 29 heavy (non-hydrogen) atoms. The van der Waals surface area contributed by atoms with Gasteiger partial charge in [0, 0.05) is 6.07 Å². The zero-order valence-electron chi connectivity index (χ0n) is 16.7. The SMILES string of the molecule is CCOc1ccccc1NC(=O)C(Cc1ccc(OC)cc1OC)C1NNNN1. The Morgan fingerprint density at radius 3 is 2.52 bits per heavy atom. The lowest BCUT2D eigenvalue weighted by molar-refractivity contribution is -0.120. The molecule has 9 nitrogen and oxygen atoms in total. The van der Waals surface area contributed by atoms with Crippen molar-refractivity contribution < 1.29 is 19.0 Å². The topological polar surface area (TPSA) is 105 Å². The minimum Gasteiger partial charge on any atom is -0.497 e. The summed E-state index contributed by atoms with van der Waals surface area (Å²) in [5.41, 5.74) is 13.1. The van der Waals surface area contributed by atoms with Gasteiger partial charge in [0.15, 0.2) is 0 Å². The van der Waals surface area contributed by atoms with Gasteiger partial charge in [-0.3, -0.25) is 4.79 Å². The number of hydrogen-bond donors (Lipinski definition) is 5. The van der Waals surface area contributed by atoms with Crippen LogP contribution in [0.25, 0.3) is 0 Å². The highest BCUT2D eigenvalue weighted by Crippen LogP contribution is 2.29. The number of carbonyl (C=O) groups excluding carboxylic acids is 1. The smallest absolute Gasteiger partial charge is 0.230 e. The van der Waals surface area contributed by atoms with E-state index in [1.165, 1.54) is 0 Å². The van der Waals surface area contributed by atoms with Crippen molar-refractivity contribution in [2.45, 2.75) is 19.5 Å². The quantitative estimate of drug-likeness (QED) is 0.429. The largest absolute Gasteiger partial charge is 0.497 e. The van der Waals surface area contributed by atoms with Crippen molar-refractivity contribution in [2.75, 3.05) is 26.1 Å². The zero-order valence-corrected chi connectivity index (χ0v) is 16.7. The van der Waals surface area contributed by atoms with Gasteiger partial charge in [-0.2, -0.15) is 11.1 Å². The summed E-state index contributed by atoms with van der Waals surface area (Å²) in [5.74, 6) is 1.36. The Morgan fingerprint density at radius 2 is 1.83 bits per heavy atom. The highest BCUT2D eigenvalue weighted by molar-refractivity contribution is 5.94. The molecule has 1 saturated heterocycles. The number of rotatable bonds is 9. The van der Waals surface area contributed by atoms with Gasteiger partial charge in [0.25, 0.3) is 0 Å². The fourth-order valence-corrected chi connectivity index (χ4v) is 3.16. The average molecular weight is 401 g/mol. The van der Waals surface area contributed by atoms with E-state index in [4.69, 9.17) is 14.2 Å². The van der Waals surface area contributed by atoms with Crippen LogP contribution in [0.4, 0.5) is 5.69 Å². The van der Waals surface area contributed by atoms with Crippen molar-refractivity contribution in [2.24, 2.45) is 5.92 Å². The van der Waals surface area contributed by atoms with Crippen LogP contribution in [0.3, 0.4) is 0 Å². The predicted molar refractivity (Wildman–Crippen MR) is 109 cm³/mol. The van der Waals surface area contributed by atoms with Gasteiger partial charge in [-0.05, 0) is 37.1 Å². The monoisotopic (exact) mass is 401 g/mol. The molecule has 5 N–H and O–H groups in total. The van der Waals surface area contributed by atoms with Gasteiger partial charge in [-0.25, -0.2) is 10.9 Å². The molecule has 1 unspecified atom stereocenters. The van der Waals surface area contributed by atoms with Crippen LogP contribution in [0, 0.1) is 5.92 Å². The number of ether oxygens (including phenoxy) is 3. The first-order valence-electron chi connectivity index (χ1n) is 9.41. The van der Waals surface area contributed by atoms with E-state index >= 15 is 0 Å². The second-order valence-electron chi connectivity index (χ2n) is 6.42. The summed E-state index contributed by atoms with van der Waals surface area (Å²) in [6.45, 7) is 2.42. The molecule has 1 aliphatic heterocycles. The van der Waals surface area contributed by atoms with E-state index in [1.54, 1.807) is 20.3 Å². The van der Waals surface area contributed by atoms with E-state index in [-0.39, 0.29) is 12.1 Å². The number of anilines is 1. The first kappa shape index (κ1) is 20.9. The molecular formula is C20H27N5O4. The Balaban J connectivity index is 1.83. The molecule has 2 aromatic rings. The van der Waals surface area contributed by atoms with E-state index in [1.807, 2.05) is 43.3 Å². The Kier molecular flexibility index (Phi) is 7.25. The third-order valence-corrected chi connectivity index (χ3v) is 4.64. The second-order valence-corrected chi connectivity index (χ2v) is 6.42. The van der Waals surface area contributed by atoms with Crippen molar-refractivity contribution in [3.8, 4) is 17.2 Å². The van der Waals surface area contributed by atoms with Crippen LogP contribution < -0.4 is 41.4 Å². The molecule has 0 aromatic heterocycles. The molecular weight excluding hydrogens is 374 g/mol. The van der Waals surface area contributed by atoms with Gasteiger partial charge >= 0.3 is 0 Å². The molecule has 0 saturated carbocycles. The Morgan fingerprint density at radius 1 is 1.07 bits per heavy atom. The first-order chi connectivity index (χ1) is 14.2. The number of hydrogen-bond acceptors (Lipinski definition) is 8. The molecule has 1 heterocycles. The number of para-hydroxylation sites is 2. The lowest BCUT2D eigenvalue weighted by Gasteiger charge is -2.23. The molecule has 0 aliphatic carbocycles. The molecule has 0 radical (unpaired) electrons. The van der Waals surface area contributed by atoms with Crippen LogP contribution in [0.2, 0.25) is 0 Å². The summed E-state index contributed by atoms with van der Waals surface area (Å²) >= 11 is 0. The van der Waals surface area contributed by atoms with Crippen LogP contribution in [-0.2, 0) is 11.2 Å². The molecule has 1 fully saturated rings. The summed E-state index contributed by atoms with van der Waals surface area (Å²) < 4.78 is 16.4.